The van der Waals surface area contributed by atoms with Crippen LogP contribution >= 0.6 is 11.6 Å². The van der Waals surface area contributed by atoms with E-state index in [0.29, 0.717) is 10.9 Å². The van der Waals surface area contributed by atoms with Gasteiger partial charge in [0.1, 0.15) is 5.82 Å². The van der Waals surface area contributed by atoms with E-state index in [-0.39, 0.29) is 5.82 Å². The average molecular weight is 431 g/mol. The maximum Gasteiger partial charge on any atom is 0.138 e. The van der Waals surface area contributed by atoms with Gasteiger partial charge < -0.3 is 0 Å². The number of aryl methyl sites for hydroxylation is 1. The summed E-state index contributed by atoms with van der Waals surface area (Å²) in [7, 11) is 0. The van der Waals surface area contributed by atoms with E-state index in [2.05, 4.69) is 19.1 Å². The highest BCUT2D eigenvalue weighted by Gasteiger charge is 2.10. The van der Waals surface area contributed by atoms with Gasteiger partial charge in [-0.3, -0.25) is 0 Å². The van der Waals surface area contributed by atoms with Gasteiger partial charge in [0, 0.05) is 16.0 Å². The Morgan fingerprint density at radius 1 is 0.677 bits per heavy atom. The summed E-state index contributed by atoms with van der Waals surface area (Å²) in [5, 5.41) is 2.39. The van der Waals surface area contributed by atoms with Gasteiger partial charge in [0.05, 0.1) is 0 Å². The first-order valence-electron chi connectivity index (χ1n) is 11.2. The normalized spacial score (nSPS) is 11.2. The van der Waals surface area contributed by atoms with Gasteiger partial charge in [-0.15, -0.1) is 0 Å². The minimum absolute atomic E-state index is 0.147. The monoisotopic (exact) mass is 430 g/mol. The van der Waals surface area contributed by atoms with E-state index in [9.17, 15) is 0 Å². The highest BCUT2D eigenvalue weighted by atomic mass is 35.5. The predicted octanol–water partition coefficient (Wildman–Crippen LogP) is 9.48. The highest BCUT2D eigenvalue weighted by molar-refractivity contribution is 6.30. The molecule has 0 heterocycles. The van der Waals surface area contributed by atoms with E-state index in [4.69, 9.17) is 11.6 Å². The maximum absolute atomic E-state index is 15.3. The van der Waals surface area contributed by atoms with E-state index < -0.39 is 0 Å². The Morgan fingerprint density at radius 2 is 1.32 bits per heavy atom. The lowest BCUT2D eigenvalue weighted by Crippen LogP contribution is -1.90. The Labute approximate surface area is 189 Å². The van der Waals surface area contributed by atoms with Crippen LogP contribution < -0.4 is 0 Å². The lowest BCUT2D eigenvalue weighted by molar-refractivity contribution is 0.632. The summed E-state index contributed by atoms with van der Waals surface area (Å²) < 4.78 is 15.3. The van der Waals surface area contributed by atoms with Crippen molar-refractivity contribution >= 4 is 22.4 Å². The third-order valence-electron chi connectivity index (χ3n) is 5.96. The summed E-state index contributed by atoms with van der Waals surface area (Å²) >= 11 is 5.98. The zero-order valence-corrected chi connectivity index (χ0v) is 18.8. The largest absolute Gasteiger partial charge is 0.206 e. The number of hydrogen-bond donors (Lipinski definition) is 0. The second-order valence-electron chi connectivity index (χ2n) is 8.23. The van der Waals surface area contributed by atoms with Crippen LogP contribution in [-0.2, 0) is 6.42 Å². The lowest BCUT2D eigenvalue weighted by Gasteiger charge is -2.10. The molecule has 0 nitrogen and oxygen atoms in total. The summed E-state index contributed by atoms with van der Waals surface area (Å²) in [6.45, 7) is 2.24. The first kappa shape index (κ1) is 21.6. The molecular weight excluding hydrogens is 403 g/mol. The Bertz CT molecular complexity index is 1140. The van der Waals surface area contributed by atoms with Crippen LogP contribution in [0.2, 0.25) is 5.02 Å². The first-order chi connectivity index (χ1) is 15.2. The fourth-order valence-corrected chi connectivity index (χ4v) is 4.26. The van der Waals surface area contributed by atoms with Crippen molar-refractivity contribution < 1.29 is 4.39 Å². The molecule has 0 aliphatic rings. The van der Waals surface area contributed by atoms with Crippen LogP contribution in [0.5, 0.6) is 0 Å². The molecule has 0 aromatic heterocycles. The zero-order chi connectivity index (χ0) is 21.6. The van der Waals surface area contributed by atoms with Crippen molar-refractivity contribution in [3.05, 3.63) is 95.3 Å². The third kappa shape index (κ3) is 5.17. The van der Waals surface area contributed by atoms with Gasteiger partial charge in [-0.1, -0.05) is 111 Å². The van der Waals surface area contributed by atoms with E-state index in [0.717, 1.165) is 33.5 Å². The third-order valence-corrected chi connectivity index (χ3v) is 6.21. The second kappa shape index (κ2) is 10.1. The molecule has 4 rings (SSSR count). The van der Waals surface area contributed by atoms with Crippen LogP contribution in [-0.4, -0.2) is 0 Å². The quantitative estimate of drug-likeness (QED) is 0.244. The van der Waals surface area contributed by atoms with Crippen molar-refractivity contribution in [2.24, 2.45) is 0 Å². The van der Waals surface area contributed by atoms with E-state index in [1.807, 2.05) is 66.7 Å². The number of fused-ring (bicyclic) bond motifs is 1. The van der Waals surface area contributed by atoms with Crippen LogP contribution in [0.4, 0.5) is 4.39 Å². The molecule has 0 aliphatic heterocycles. The second-order valence-corrected chi connectivity index (χ2v) is 8.67. The molecule has 0 spiro atoms. The van der Waals surface area contributed by atoms with Crippen molar-refractivity contribution in [2.45, 2.75) is 45.4 Å². The van der Waals surface area contributed by atoms with Crippen LogP contribution in [0.1, 0.15) is 44.6 Å². The molecule has 31 heavy (non-hydrogen) atoms. The number of halogens is 2. The summed E-state index contributed by atoms with van der Waals surface area (Å²) in [6.07, 6.45) is 7.42. The molecule has 4 aromatic carbocycles. The van der Waals surface area contributed by atoms with Crippen LogP contribution in [0.15, 0.2) is 78.9 Å². The molecule has 0 amide bonds. The van der Waals surface area contributed by atoms with Crippen molar-refractivity contribution in [3.63, 3.8) is 0 Å². The number of rotatable bonds is 8. The summed E-state index contributed by atoms with van der Waals surface area (Å²) in [4.78, 5) is 0. The highest BCUT2D eigenvalue weighted by Crippen LogP contribution is 2.31. The molecule has 0 fully saturated rings. The van der Waals surface area contributed by atoms with Gasteiger partial charge in [0.15, 0.2) is 0 Å². The molecule has 0 N–H and O–H groups in total. The zero-order valence-electron chi connectivity index (χ0n) is 18.0. The minimum atomic E-state index is -0.147. The standard InChI is InChI=1S/C29H28ClF/c1-2-3-4-5-6-7-21-8-18-28-25(20-21)15-19-27(29(28)31)24-11-9-22(10-12-24)23-13-16-26(30)17-14-23/h8-20H,2-7H2,1H3. The van der Waals surface area contributed by atoms with Gasteiger partial charge in [-0.2, -0.15) is 0 Å². The van der Waals surface area contributed by atoms with Gasteiger partial charge in [-0.05, 0) is 52.6 Å². The van der Waals surface area contributed by atoms with E-state index in [1.165, 1.54) is 37.7 Å². The molecule has 0 bridgehead atoms. The minimum Gasteiger partial charge on any atom is -0.206 e. The van der Waals surface area contributed by atoms with Gasteiger partial charge >= 0.3 is 0 Å². The Balaban J connectivity index is 1.53. The van der Waals surface area contributed by atoms with E-state index in [1.54, 1.807) is 0 Å². The molecular formula is C29H28ClF. The van der Waals surface area contributed by atoms with Gasteiger partial charge in [0.2, 0.25) is 0 Å². The number of benzene rings is 4. The first-order valence-corrected chi connectivity index (χ1v) is 11.6. The molecule has 2 heteroatoms. The van der Waals surface area contributed by atoms with Crippen molar-refractivity contribution in [3.8, 4) is 22.3 Å². The van der Waals surface area contributed by atoms with Gasteiger partial charge in [-0.25, -0.2) is 4.39 Å². The number of unbranched alkanes of at least 4 members (excludes halogenated alkanes) is 4. The fourth-order valence-electron chi connectivity index (χ4n) is 4.14. The smallest absolute Gasteiger partial charge is 0.138 e. The van der Waals surface area contributed by atoms with Crippen LogP contribution in [0.25, 0.3) is 33.0 Å². The average Bonchev–Trinajstić information content (AvgIpc) is 2.80. The Kier molecular flexibility index (Phi) is 7.04. The molecule has 0 radical (unpaired) electrons. The summed E-state index contributed by atoms with van der Waals surface area (Å²) in [5.41, 5.74) is 5.01. The maximum atomic E-state index is 15.3. The molecule has 0 saturated carbocycles. The SMILES string of the molecule is CCCCCCCc1ccc2c(F)c(-c3ccc(-c4ccc(Cl)cc4)cc3)ccc2c1. The van der Waals surface area contributed by atoms with Crippen molar-refractivity contribution in [1.82, 2.24) is 0 Å². The Hall–Kier alpha value is -2.64. The summed E-state index contributed by atoms with van der Waals surface area (Å²) in [5.74, 6) is -0.147. The molecule has 4 aromatic rings. The lowest BCUT2D eigenvalue weighted by atomic mass is 9.96. The molecule has 158 valence electrons. The predicted molar refractivity (Wildman–Crippen MR) is 132 cm³/mol. The van der Waals surface area contributed by atoms with Crippen LogP contribution in [0, 0.1) is 5.82 Å². The molecule has 0 aliphatic carbocycles. The Morgan fingerprint density at radius 3 is 2.03 bits per heavy atom. The van der Waals surface area contributed by atoms with E-state index >= 15 is 4.39 Å². The fraction of sp³-hybridized carbons (Fsp3) is 0.241. The topological polar surface area (TPSA) is 0 Å². The molecule has 0 unspecified atom stereocenters. The number of hydrogen-bond acceptors (Lipinski definition) is 0. The molecule has 0 saturated heterocycles. The van der Waals surface area contributed by atoms with Crippen molar-refractivity contribution in [1.29, 1.82) is 0 Å². The van der Waals surface area contributed by atoms with Crippen molar-refractivity contribution in [2.75, 3.05) is 0 Å². The molecule has 0 atom stereocenters. The van der Waals surface area contributed by atoms with Gasteiger partial charge in [0.25, 0.3) is 0 Å². The summed E-state index contributed by atoms with van der Waals surface area (Å²) in [6, 6.07) is 25.9. The van der Waals surface area contributed by atoms with Crippen LogP contribution in [0.3, 0.4) is 0 Å².